The van der Waals surface area contributed by atoms with Crippen LogP contribution in [0.25, 0.3) is 21.3 Å². The number of carboxylic acids is 1. The van der Waals surface area contributed by atoms with Crippen molar-refractivity contribution in [1.82, 2.24) is 20.2 Å². The highest BCUT2D eigenvalue weighted by atomic mass is 32.1. The molecule has 15 heteroatoms. The smallest absolute Gasteiger partial charge is 0.475 e. The Labute approximate surface area is 256 Å². The van der Waals surface area contributed by atoms with E-state index in [0.717, 1.165) is 85.4 Å². The fourth-order valence-corrected chi connectivity index (χ4v) is 5.75. The maximum Gasteiger partial charge on any atom is 0.490 e. The van der Waals surface area contributed by atoms with Crippen LogP contribution in [0.4, 0.5) is 28.8 Å². The summed E-state index contributed by atoms with van der Waals surface area (Å²) in [6, 6.07) is 7.89. The van der Waals surface area contributed by atoms with Crippen molar-refractivity contribution in [2.75, 3.05) is 43.4 Å². The third-order valence-corrected chi connectivity index (χ3v) is 8.16. The van der Waals surface area contributed by atoms with Gasteiger partial charge in [0.05, 0.1) is 21.6 Å². The summed E-state index contributed by atoms with van der Waals surface area (Å²) in [7, 11) is 0. The normalized spacial score (nSPS) is 16.1. The molecule has 0 unspecified atom stereocenters. The van der Waals surface area contributed by atoms with E-state index < -0.39 is 18.2 Å². The van der Waals surface area contributed by atoms with E-state index in [2.05, 4.69) is 30.8 Å². The van der Waals surface area contributed by atoms with Crippen LogP contribution in [0.5, 0.6) is 0 Å². The van der Waals surface area contributed by atoms with Gasteiger partial charge in [0, 0.05) is 50.9 Å². The van der Waals surface area contributed by atoms with Gasteiger partial charge in [-0.05, 0) is 56.4 Å². The summed E-state index contributed by atoms with van der Waals surface area (Å²) in [5.41, 5.74) is 4.05. The van der Waals surface area contributed by atoms with E-state index in [1.54, 1.807) is 6.20 Å². The Kier molecular flexibility index (Phi) is 11.5. The Balaban J connectivity index is 0.000000566. The molecular formula is C29H35F3N6O5S. The third kappa shape index (κ3) is 9.86. The zero-order valence-electron chi connectivity index (χ0n) is 24.2. The van der Waals surface area contributed by atoms with Gasteiger partial charge in [-0.25, -0.2) is 14.6 Å². The number of nitrogens with zero attached hydrogens (tertiary/aromatic N) is 3. The average molecular weight is 637 g/mol. The first-order chi connectivity index (χ1) is 21.0. The Hall–Kier alpha value is -3.82. The topological polar surface area (TPSA) is 146 Å². The number of hydrogen-bond acceptors (Lipinski definition) is 9. The zero-order valence-corrected chi connectivity index (χ0v) is 25.0. The van der Waals surface area contributed by atoms with Crippen LogP contribution in [-0.4, -0.2) is 82.9 Å². The number of aryl methyl sites for hydroxylation is 1. The zero-order chi connectivity index (χ0) is 31.7. The summed E-state index contributed by atoms with van der Waals surface area (Å²) < 4.78 is 38.3. The molecule has 1 aliphatic carbocycles. The second kappa shape index (κ2) is 15.3. The second-order valence-corrected chi connectivity index (χ2v) is 11.6. The molecular weight excluding hydrogens is 601 g/mol. The summed E-state index contributed by atoms with van der Waals surface area (Å²) in [6.07, 6.45) is 2.02. The number of fused-ring (bicyclic) bond motifs is 1. The van der Waals surface area contributed by atoms with Crippen molar-refractivity contribution in [3.63, 3.8) is 0 Å². The number of aromatic nitrogens is 2. The van der Waals surface area contributed by atoms with Gasteiger partial charge in [-0.2, -0.15) is 13.2 Å². The van der Waals surface area contributed by atoms with Crippen molar-refractivity contribution < 1.29 is 37.4 Å². The fraction of sp³-hybridized carbons (Fsp3) is 0.483. The van der Waals surface area contributed by atoms with E-state index in [1.165, 1.54) is 17.8 Å². The molecule has 0 atom stereocenters. The SMILES string of the molecule is Cc1ncc(-c2ccc3nc(NC(=O)CCN4CCNCC4)sc3c2)cc1NC(=O)OC1CCCCC1.O=C(O)C(F)(F)F. The molecule has 4 N–H and O–H groups in total. The number of ether oxygens (including phenoxy) is 1. The molecule has 2 aliphatic rings. The standard InChI is InChI=1S/C27H34N6O3S.C2HF3O2/c1-18-23(31-27(35)36-21-5-3-2-4-6-21)15-20(17-29-18)19-7-8-22-24(16-19)37-26(30-22)32-25(34)9-12-33-13-10-28-11-14-33;3-2(4,5)1(6)7/h7-8,15-17,21,28H,2-6,9-14H2,1H3,(H,31,35)(H,30,32,34);(H,6,7). The highest BCUT2D eigenvalue weighted by Crippen LogP contribution is 2.32. The van der Waals surface area contributed by atoms with Crippen LogP contribution in [0.3, 0.4) is 0 Å². The minimum atomic E-state index is -5.08. The van der Waals surface area contributed by atoms with Crippen molar-refractivity contribution in [2.45, 2.75) is 57.7 Å². The average Bonchev–Trinajstić information content (AvgIpc) is 3.39. The van der Waals surface area contributed by atoms with E-state index >= 15 is 0 Å². The largest absolute Gasteiger partial charge is 0.490 e. The molecule has 11 nitrogen and oxygen atoms in total. The van der Waals surface area contributed by atoms with Crippen LogP contribution < -0.4 is 16.0 Å². The number of amides is 2. The van der Waals surface area contributed by atoms with Crippen molar-refractivity contribution >= 4 is 50.3 Å². The van der Waals surface area contributed by atoms with E-state index in [-0.39, 0.29) is 12.0 Å². The monoisotopic (exact) mass is 636 g/mol. The van der Waals surface area contributed by atoms with Crippen molar-refractivity contribution in [3.8, 4) is 11.1 Å². The molecule has 1 aliphatic heterocycles. The number of benzene rings is 1. The Morgan fingerprint density at radius 2 is 1.80 bits per heavy atom. The Morgan fingerprint density at radius 3 is 2.48 bits per heavy atom. The van der Waals surface area contributed by atoms with Crippen LogP contribution in [0.2, 0.25) is 0 Å². The highest BCUT2D eigenvalue weighted by molar-refractivity contribution is 7.22. The van der Waals surface area contributed by atoms with Gasteiger partial charge in [-0.3, -0.25) is 15.1 Å². The molecule has 0 bridgehead atoms. The van der Waals surface area contributed by atoms with Crippen LogP contribution >= 0.6 is 11.3 Å². The number of aliphatic carboxylic acids is 1. The number of nitrogens with one attached hydrogen (secondary N) is 3. The van der Waals surface area contributed by atoms with Crippen molar-refractivity contribution in [1.29, 1.82) is 0 Å². The molecule has 2 fully saturated rings. The summed E-state index contributed by atoms with van der Waals surface area (Å²) in [5.74, 6) is -2.77. The molecule has 1 aromatic carbocycles. The van der Waals surface area contributed by atoms with Gasteiger partial charge >= 0.3 is 18.2 Å². The third-order valence-electron chi connectivity index (χ3n) is 7.22. The van der Waals surface area contributed by atoms with Crippen molar-refractivity contribution in [3.05, 3.63) is 36.2 Å². The predicted molar refractivity (Wildman–Crippen MR) is 161 cm³/mol. The number of thiazole rings is 1. The number of piperazine rings is 1. The summed E-state index contributed by atoms with van der Waals surface area (Å²) in [4.78, 5) is 45.2. The quantitative estimate of drug-likeness (QED) is 0.267. The summed E-state index contributed by atoms with van der Waals surface area (Å²) in [5, 5.41) is 16.9. The number of carbonyl (C=O) groups is 3. The van der Waals surface area contributed by atoms with Crippen LogP contribution in [0.15, 0.2) is 30.5 Å². The van der Waals surface area contributed by atoms with E-state index in [0.29, 0.717) is 17.2 Å². The molecule has 2 aromatic heterocycles. The molecule has 3 heterocycles. The molecule has 2 amide bonds. The number of hydrogen-bond donors (Lipinski definition) is 4. The van der Waals surface area contributed by atoms with Crippen LogP contribution in [-0.2, 0) is 14.3 Å². The van der Waals surface area contributed by atoms with Crippen LogP contribution in [0.1, 0.15) is 44.2 Å². The maximum atomic E-state index is 12.5. The summed E-state index contributed by atoms with van der Waals surface area (Å²) in [6.45, 7) is 6.52. The minimum absolute atomic E-state index is 0.00399. The lowest BCUT2D eigenvalue weighted by molar-refractivity contribution is -0.192. The van der Waals surface area contributed by atoms with E-state index in [4.69, 9.17) is 14.6 Å². The van der Waals surface area contributed by atoms with E-state index in [9.17, 15) is 22.8 Å². The molecule has 0 spiro atoms. The predicted octanol–water partition coefficient (Wildman–Crippen LogP) is 5.42. The van der Waals surface area contributed by atoms with Crippen LogP contribution in [0, 0.1) is 6.92 Å². The number of pyridine rings is 1. The molecule has 3 aromatic rings. The molecule has 238 valence electrons. The number of alkyl halides is 3. The first-order valence-electron chi connectivity index (χ1n) is 14.4. The number of halogens is 3. The van der Waals surface area contributed by atoms with Gasteiger partial charge in [0.1, 0.15) is 6.10 Å². The lowest BCUT2D eigenvalue weighted by atomic mass is 9.98. The first-order valence-corrected chi connectivity index (χ1v) is 15.2. The fourth-order valence-electron chi connectivity index (χ4n) is 4.83. The maximum absolute atomic E-state index is 12.5. The summed E-state index contributed by atoms with van der Waals surface area (Å²) >= 11 is 1.46. The van der Waals surface area contributed by atoms with E-state index in [1.807, 2.05) is 31.2 Å². The second-order valence-electron chi connectivity index (χ2n) is 10.5. The number of anilines is 2. The first kappa shape index (κ1) is 33.1. The highest BCUT2D eigenvalue weighted by Gasteiger charge is 2.38. The molecule has 44 heavy (non-hydrogen) atoms. The minimum Gasteiger partial charge on any atom is -0.475 e. The van der Waals surface area contributed by atoms with Gasteiger partial charge in [0.25, 0.3) is 0 Å². The van der Waals surface area contributed by atoms with Gasteiger partial charge in [-0.15, -0.1) is 0 Å². The van der Waals surface area contributed by atoms with Gasteiger partial charge < -0.3 is 25.4 Å². The molecule has 5 rings (SSSR count). The number of carbonyl (C=O) groups excluding carboxylic acids is 2. The molecule has 0 radical (unpaired) electrons. The van der Waals surface area contributed by atoms with Crippen molar-refractivity contribution in [2.24, 2.45) is 0 Å². The number of rotatable bonds is 7. The molecule has 1 saturated carbocycles. The van der Waals surface area contributed by atoms with Gasteiger partial charge in [-0.1, -0.05) is 23.8 Å². The van der Waals surface area contributed by atoms with Gasteiger partial charge in [0.15, 0.2) is 5.13 Å². The Bertz CT molecular complexity index is 1460. The Morgan fingerprint density at radius 1 is 1.09 bits per heavy atom. The van der Waals surface area contributed by atoms with Gasteiger partial charge in [0.2, 0.25) is 5.91 Å². The lowest BCUT2D eigenvalue weighted by Gasteiger charge is -2.26. The lowest BCUT2D eigenvalue weighted by Crippen LogP contribution is -2.44. The number of carboxylic acid groups (broad SMARTS) is 1. The molecule has 1 saturated heterocycles.